The topological polar surface area (TPSA) is 32.3 Å². The fourth-order valence-electron chi connectivity index (χ4n) is 2.56. The van der Waals surface area contributed by atoms with Crippen molar-refractivity contribution in [3.05, 3.63) is 0 Å². The number of halogens is 3. The molecule has 0 saturated carbocycles. The predicted octanol–water partition coefficient (Wildman–Crippen LogP) is 1.58. The van der Waals surface area contributed by atoms with Crippen LogP contribution in [-0.2, 0) is 0 Å². The average molecular weight is 209 g/mol. The maximum atomic E-state index is 12.6. The van der Waals surface area contributed by atoms with E-state index >= 15 is 0 Å². The second kappa shape index (κ2) is 3.10. The summed E-state index contributed by atoms with van der Waals surface area (Å²) in [6.45, 7) is 0. The lowest BCUT2D eigenvalue weighted by Crippen LogP contribution is -2.61. The van der Waals surface area contributed by atoms with Gasteiger partial charge in [-0.2, -0.15) is 13.2 Å². The Morgan fingerprint density at radius 1 is 1.14 bits per heavy atom. The standard InChI is InChI=1S/C9H14F3NO/c10-9(11,12)8(14)4-6-2-1-3-7(5-8)13-6/h6-7,13-14H,1-5H2/t6-,7+,8?. The third-order valence-corrected chi connectivity index (χ3v) is 3.27. The highest BCUT2D eigenvalue weighted by Crippen LogP contribution is 2.42. The molecule has 1 unspecified atom stereocenters. The zero-order valence-electron chi connectivity index (χ0n) is 7.77. The van der Waals surface area contributed by atoms with Gasteiger partial charge in [-0.1, -0.05) is 6.42 Å². The molecule has 0 aromatic heterocycles. The summed E-state index contributed by atoms with van der Waals surface area (Å²) in [6.07, 6.45) is -2.40. The molecule has 2 fully saturated rings. The van der Waals surface area contributed by atoms with Crippen molar-refractivity contribution in [3.63, 3.8) is 0 Å². The van der Waals surface area contributed by atoms with Gasteiger partial charge in [0, 0.05) is 24.9 Å². The van der Waals surface area contributed by atoms with Crippen LogP contribution in [0.2, 0.25) is 0 Å². The second-order valence-electron chi connectivity index (χ2n) is 4.43. The zero-order chi connectivity index (χ0) is 10.4. The number of rotatable bonds is 0. The lowest BCUT2D eigenvalue weighted by Gasteiger charge is -2.45. The van der Waals surface area contributed by atoms with Crippen LogP contribution in [-0.4, -0.2) is 29.0 Å². The van der Waals surface area contributed by atoms with E-state index in [1.807, 2.05) is 0 Å². The molecule has 3 atom stereocenters. The summed E-state index contributed by atoms with van der Waals surface area (Å²) in [5.74, 6) is 0. The van der Waals surface area contributed by atoms with Crippen molar-refractivity contribution in [1.82, 2.24) is 5.32 Å². The molecule has 2 aliphatic rings. The van der Waals surface area contributed by atoms with E-state index in [1.165, 1.54) is 0 Å². The molecular formula is C9H14F3NO. The molecule has 0 radical (unpaired) electrons. The summed E-state index contributed by atoms with van der Waals surface area (Å²) >= 11 is 0. The van der Waals surface area contributed by atoms with Gasteiger partial charge in [0.1, 0.15) is 0 Å². The average Bonchev–Trinajstić information content (AvgIpc) is 2.00. The molecule has 2 rings (SSSR count). The molecule has 2 N–H and O–H groups in total. The SMILES string of the molecule is OC1(C(F)(F)F)C[C@H]2CCC[C@@H](C1)N2. The first-order chi connectivity index (χ1) is 6.41. The zero-order valence-corrected chi connectivity index (χ0v) is 7.77. The van der Waals surface area contributed by atoms with Gasteiger partial charge in [-0.15, -0.1) is 0 Å². The summed E-state index contributed by atoms with van der Waals surface area (Å²) in [5.41, 5.74) is -2.45. The number of fused-ring (bicyclic) bond motifs is 2. The molecule has 0 amide bonds. The summed E-state index contributed by atoms with van der Waals surface area (Å²) in [5, 5.41) is 12.7. The van der Waals surface area contributed by atoms with Crippen LogP contribution in [0, 0.1) is 0 Å². The van der Waals surface area contributed by atoms with Crippen LogP contribution in [0.3, 0.4) is 0 Å². The Labute approximate surface area is 80.5 Å². The van der Waals surface area contributed by atoms with Crippen LogP contribution < -0.4 is 5.32 Å². The van der Waals surface area contributed by atoms with Crippen LogP contribution in [0.1, 0.15) is 32.1 Å². The number of hydrogen-bond acceptors (Lipinski definition) is 2. The number of hydrogen-bond donors (Lipinski definition) is 2. The molecule has 82 valence electrons. The van der Waals surface area contributed by atoms with Gasteiger partial charge < -0.3 is 10.4 Å². The summed E-state index contributed by atoms with van der Waals surface area (Å²) in [6, 6.07) is -0.316. The number of nitrogens with one attached hydrogen (secondary N) is 1. The number of alkyl halides is 3. The molecule has 0 aliphatic carbocycles. The van der Waals surface area contributed by atoms with Crippen LogP contribution in [0.5, 0.6) is 0 Å². The van der Waals surface area contributed by atoms with Gasteiger partial charge >= 0.3 is 6.18 Å². The largest absolute Gasteiger partial charge is 0.417 e. The minimum absolute atomic E-state index is 0.158. The smallest absolute Gasteiger partial charge is 0.380 e. The van der Waals surface area contributed by atoms with E-state index in [1.54, 1.807) is 0 Å². The molecule has 2 aliphatic heterocycles. The van der Waals surface area contributed by atoms with Crippen molar-refractivity contribution < 1.29 is 18.3 Å². The quantitative estimate of drug-likeness (QED) is 0.635. The molecule has 2 nitrogen and oxygen atoms in total. The van der Waals surface area contributed by atoms with E-state index in [2.05, 4.69) is 5.32 Å². The first kappa shape index (κ1) is 10.2. The van der Waals surface area contributed by atoms with Gasteiger partial charge in [-0.3, -0.25) is 0 Å². The Balaban J connectivity index is 2.15. The monoisotopic (exact) mass is 209 g/mol. The van der Waals surface area contributed by atoms with Crippen molar-refractivity contribution in [2.75, 3.05) is 0 Å². The molecular weight excluding hydrogens is 195 g/mol. The Morgan fingerprint density at radius 2 is 1.64 bits per heavy atom. The van der Waals surface area contributed by atoms with Crippen LogP contribution in [0.4, 0.5) is 13.2 Å². The molecule has 5 heteroatoms. The van der Waals surface area contributed by atoms with Gasteiger partial charge in [-0.05, 0) is 12.8 Å². The minimum Gasteiger partial charge on any atom is -0.380 e. The van der Waals surface area contributed by atoms with Gasteiger partial charge in [0.25, 0.3) is 0 Å². The lowest BCUT2D eigenvalue weighted by molar-refractivity contribution is -0.276. The van der Waals surface area contributed by atoms with Crippen LogP contribution in [0.15, 0.2) is 0 Å². The number of piperidine rings is 2. The summed E-state index contributed by atoms with van der Waals surface area (Å²) in [7, 11) is 0. The van der Waals surface area contributed by atoms with E-state index in [0.29, 0.717) is 0 Å². The second-order valence-corrected chi connectivity index (χ2v) is 4.43. The Hall–Kier alpha value is -0.290. The maximum Gasteiger partial charge on any atom is 0.417 e. The van der Waals surface area contributed by atoms with Gasteiger partial charge in [0.05, 0.1) is 0 Å². The van der Waals surface area contributed by atoms with E-state index in [0.717, 1.165) is 19.3 Å². The van der Waals surface area contributed by atoms with Crippen molar-refractivity contribution in [2.45, 2.75) is 56.0 Å². The molecule has 0 aromatic carbocycles. The van der Waals surface area contributed by atoms with Crippen molar-refractivity contribution in [2.24, 2.45) is 0 Å². The maximum absolute atomic E-state index is 12.6. The minimum atomic E-state index is -4.48. The molecule has 0 aromatic rings. The molecule has 14 heavy (non-hydrogen) atoms. The highest BCUT2D eigenvalue weighted by molar-refractivity contribution is 5.01. The first-order valence-electron chi connectivity index (χ1n) is 4.96. The van der Waals surface area contributed by atoms with Gasteiger partial charge in [0.2, 0.25) is 0 Å². The van der Waals surface area contributed by atoms with Crippen molar-refractivity contribution in [3.8, 4) is 0 Å². The normalized spacial score (nSPS) is 43.7. The molecule has 2 bridgehead atoms. The fourth-order valence-corrected chi connectivity index (χ4v) is 2.56. The van der Waals surface area contributed by atoms with Crippen LogP contribution in [0.25, 0.3) is 0 Å². The van der Waals surface area contributed by atoms with Gasteiger partial charge in [0.15, 0.2) is 5.60 Å². The molecule has 2 heterocycles. The van der Waals surface area contributed by atoms with Crippen LogP contribution >= 0.6 is 0 Å². The number of aliphatic hydroxyl groups is 1. The predicted molar refractivity (Wildman–Crippen MR) is 44.8 cm³/mol. The highest BCUT2D eigenvalue weighted by Gasteiger charge is 2.57. The lowest BCUT2D eigenvalue weighted by atomic mass is 9.77. The summed E-state index contributed by atoms with van der Waals surface area (Å²) < 4.78 is 37.7. The van der Waals surface area contributed by atoms with E-state index < -0.39 is 11.8 Å². The molecule has 0 spiro atoms. The van der Waals surface area contributed by atoms with Crippen molar-refractivity contribution in [1.29, 1.82) is 0 Å². The Morgan fingerprint density at radius 3 is 2.07 bits per heavy atom. The van der Waals surface area contributed by atoms with E-state index in [4.69, 9.17) is 0 Å². The van der Waals surface area contributed by atoms with E-state index in [-0.39, 0.29) is 24.9 Å². The first-order valence-corrected chi connectivity index (χ1v) is 4.96. The Bertz CT molecular complexity index is 217. The molecule has 2 saturated heterocycles. The Kier molecular flexibility index (Phi) is 2.27. The third-order valence-electron chi connectivity index (χ3n) is 3.27. The van der Waals surface area contributed by atoms with E-state index in [9.17, 15) is 18.3 Å². The highest BCUT2D eigenvalue weighted by atomic mass is 19.4. The third kappa shape index (κ3) is 1.63. The van der Waals surface area contributed by atoms with Gasteiger partial charge in [-0.25, -0.2) is 0 Å². The van der Waals surface area contributed by atoms with Crippen molar-refractivity contribution >= 4 is 0 Å². The summed E-state index contributed by atoms with van der Waals surface area (Å²) in [4.78, 5) is 0. The fraction of sp³-hybridized carbons (Fsp3) is 1.00.